The average Bonchev–Trinajstić information content (AvgIpc) is 1.96. The minimum absolute atomic E-state index is 0.160. The molecule has 0 fully saturated rings. The van der Waals surface area contributed by atoms with E-state index in [-0.39, 0.29) is 6.10 Å². The third-order valence-electron chi connectivity index (χ3n) is 2.32. The molecule has 0 rings (SSSR count). The number of hydrogen-bond donors (Lipinski definition) is 1. The maximum absolute atomic E-state index is 9.20. The number of rotatable bonds is 5. The summed E-state index contributed by atoms with van der Waals surface area (Å²) in [5.41, 5.74) is 1.38. The average molecular weight is 184 g/mol. The molecule has 2 atom stereocenters. The van der Waals surface area contributed by atoms with E-state index in [1.54, 1.807) is 0 Å². The molecule has 1 nitrogen and oxygen atoms in total. The Morgan fingerprint density at radius 2 is 1.69 bits per heavy atom. The second-order valence-electron chi connectivity index (χ2n) is 4.58. The summed E-state index contributed by atoms with van der Waals surface area (Å²) in [4.78, 5) is 0. The van der Waals surface area contributed by atoms with E-state index in [9.17, 15) is 5.11 Å². The Balaban J connectivity index is 4.04. The Hall–Kier alpha value is -0.300. The maximum Gasteiger partial charge on any atom is 0.0512 e. The smallest absolute Gasteiger partial charge is 0.0512 e. The third kappa shape index (κ3) is 6.83. The van der Waals surface area contributed by atoms with Gasteiger partial charge in [0.15, 0.2) is 0 Å². The first-order valence-electron chi connectivity index (χ1n) is 5.26. The van der Waals surface area contributed by atoms with E-state index < -0.39 is 0 Å². The quantitative estimate of drug-likeness (QED) is 0.649. The van der Waals surface area contributed by atoms with Crippen molar-refractivity contribution in [3.63, 3.8) is 0 Å². The van der Waals surface area contributed by atoms with Gasteiger partial charge in [0.2, 0.25) is 0 Å². The number of aliphatic hydroxyl groups is 1. The zero-order valence-corrected chi connectivity index (χ0v) is 9.67. The minimum Gasteiger partial charge on any atom is -0.393 e. The lowest BCUT2D eigenvalue weighted by Gasteiger charge is -2.18. The van der Waals surface area contributed by atoms with Crippen molar-refractivity contribution in [2.45, 2.75) is 53.6 Å². The highest BCUT2D eigenvalue weighted by Crippen LogP contribution is 2.21. The van der Waals surface area contributed by atoms with Crippen molar-refractivity contribution in [3.05, 3.63) is 11.6 Å². The van der Waals surface area contributed by atoms with Gasteiger partial charge in [-0.2, -0.15) is 0 Å². The van der Waals surface area contributed by atoms with Crippen molar-refractivity contribution in [3.8, 4) is 0 Å². The number of aliphatic hydroxyl groups excluding tert-OH is 1. The lowest BCUT2D eigenvalue weighted by molar-refractivity contribution is 0.172. The molecule has 0 heterocycles. The van der Waals surface area contributed by atoms with Crippen molar-refractivity contribution in [2.24, 2.45) is 11.8 Å². The molecule has 13 heavy (non-hydrogen) atoms. The zero-order chi connectivity index (χ0) is 10.4. The Kier molecular flexibility index (Phi) is 6.06. The van der Waals surface area contributed by atoms with Crippen molar-refractivity contribution >= 4 is 0 Å². The normalized spacial score (nSPS) is 15.6. The van der Waals surface area contributed by atoms with E-state index in [0.29, 0.717) is 11.8 Å². The van der Waals surface area contributed by atoms with Gasteiger partial charge in [-0.05, 0) is 45.4 Å². The van der Waals surface area contributed by atoms with E-state index >= 15 is 0 Å². The zero-order valence-electron chi connectivity index (χ0n) is 9.67. The van der Waals surface area contributed by atoms with Crippen LogP contribution in [-0.4, -0.2) is 11.2 Å². The van der Waals surface area contributed by atoms with Crippen molar-refractivity contribution in [1.82, 2.24) is 0 Å². The Labute approximate surface area is 82.9 Å². The lowest BCUT2D eigenvalue weighted by atomic mass is 9.89. The van der Waals surface area contributed by atoms with Crippen LogP contribution >= 0.6 is 0 Å². The molecule has 0 aromatic rings. The molecule has 1 heteroatoms. The van der Waals surface area contributed by atoms with Gasteiger partial charge in [-0.1, -0.05) is 25.5 Å². The second kappa shape index (κ2) is 6.20. The van der Waals surface area contributed by atoms with Gasteiger partial charge in [0.05, 0.1) is 6.10 Å². The minimum atomic E-state index is -0.160. The van der Waals surface area contributed by atoms with E-state index in [1.807, 2.05) is 6.92 Å². The molecule has 0 aliphatic heterocycles. The summed E-state index contributed by atoms with van der Waals surface area (Å²) in [7, 11) is 0. The molecule has 0 saturated carbocycles. The van der Waals surface area contributed by atoms with Crippen LogP contribution in [0, 0.1) is 11.8 Å². The molecule has 0 aromatic heterocycles. The van der Waals surface area contributed by atoms with Crippen LogP contribution < -0.4 is 0 Å². The van der Waals surface area contributed by atoms with Gasteiger partial charge in [0, 0.05) is 0 Å². The summed E-state index contributed by atoms with van der Waals surface area (Å²) in [5, 5.41) is 9.20. The fourth-order valence-corrected chi connectivity index (χ4v) is 1.47. The molecular formula is C12H24O. The van der Waals surface area contributed by atoms with Crippen LogP contribution in [0.25, 0.3) is 0 Å². The van der Waals surface area contributed by atoms with Crippen LogP contribution in [0.1, 0.15) is 47.5 Å². The third-order valence-corrected chi connectivity index (χ3v) is 2.32. The second-order valence-corrected chi connectivity index (χ2v) is 4.58. The molecule has 0 spiro atoms. The van der Waals surface area contributed by atoms with Gasteiger partial charge in [0.25, 0.3) is 0 Å². The van der Waals surface area contributed by atoms with E-state index in [0.717, 1.165) is 12.8 Å². The molecule has 0 bridgehead atoms. The topological polar surface area (TPSA) is 20.2 Å². The van der Waals surface area contributed by atoms with Crippen LogP contribution in [0.4, 0.5) is 0 Å². The molecular weight excluding hydrogens is 160 g/mol. The van der Waals surface area contributed by atoms with Crippen molar-refractivity contribution in [1.29, 1.82) is 0 Å². The van der Waals surface area contributed by atoms with Crippen LogP contribution in [-0.2, 0) is 0 Å². The summed E-state index contributed by atoms with van der Waals surface area (Å²) < 4.78 is 0. The first kappa shape index (κ1) is 12.7. The lowest BCUT2D eigenvalue weighted by Crippen LogP contribution is -2.10. The van der Waals surface area contributed by atoms with E-state index in [4.69, 9.17) is 0 Å². The van der Waals surface area contributed by atoms with Gasteiger partial charge >= 0.3 is 0 Å². The molecule has 0 aromatic carbocycles. The largest absolute Gasteiger partial charge is 0.393 e. The summed E-state index contributed by atoms with van der Waals surface area (Å²) in [5.74, 6) is 1.30. The molecule has 1 N–H and O–H groups in total. The van der Waals surface area contributed by atoms with Gasteiger partial charge < -0.3 is 5.11 Å². The maximum atomic E-state index is 9.20. The molecule has 0 aliphatic carbocycles. The Morgan fingerprint density at radius 1 is 1.15 bits per heavy atom. The van der Waals surface area contributed by atoms with Crippen molar-refractivity contribution < 1.29 is 5.11 Å². The Bertz CT molecular complexity index is 153. The summed E-state index contributed by atoms with van der Waals surface area (Å²) in [6, 6.07) is 0. The van der Waals surface area contributed by atoms with Gasteiger partial charge in [-0.25, -0.2) is 0 Å². The summed E-state index contributed by atoms with van der Waals surface area (Å²) in [6.07, 6.45) is 4.17. The fourth-order valence-electron chi connectivity index (χ4n) is 1.47. The standard InChI is InChI=1S/C12H24O/c1-9(2)8-12(10(3)4)7-6-11(5)13/h8,10-13H,6-7H2,1-5H3/t11?,12-/m0/s1. The van der Waals surface area contributed by atoms with Gasteiger partial charge in [-0.15, -0.1) is 0 Å². The van der Waals surface area contributed by atoms with Crippen LogP contribution in [0.5, 0.6) is 0 Å². The highest BCUT2D eigenvalue weighted by Gasteiger charge is 2.11. The highest BCUT2D eigenvalue weighted by molar-refractivity contribution is 4.98. The predicted molar refractivity (Wildman–Crippen MR) is 58.7 cm³/mol. The van der Waals surface area contributed by atoms with E-state index in [1.165, 1.54) is 5.57 Å². The highest BCUT2D eigenvalue weighted by atomic mass is 16.3. The number of hydrogen-bond acceptors (Lipinski definition) is 1. The van der Waals surface area contributed by atoms with Crippen LogP contribution in [0.3, 0.4) is 0 Å². The first-order valence-corrected chi connectivity index (χ1v) is 5.26. The van der Waals surface area contributed by atoms with Gasteiger partial charge in [-0.3, -0.25) is 0 Å². The monoisotopic (exact) mass is 184 g/mol. The molecule has 0 amide bonds. The molecule has 0 radical (unpaired) electrons. The van der Waals surface area contributed by atoms with Crippen LogP contribution in [0.15, 0.2) is 11.6 Å². The molecule has 0 saturated heterocycles. The van der Waals surface area contributed by atoms with Gasteiger partial charge in [0.1, 0.15) is 0 Å². The van der Waals surface area contributed by atoms with Crippen LogP contribution in [0.2, 0.25) is 0 Å². The van der Waals surface area contributed by atoms with E-state index in [2.05, 4.69) is 33.8 Å². The molecule has 78 valence electrons. The Morgan fingerprint density at radius 3 is 2.00 bits per heavy atom. The summed E-state index contributed by atoms with van der Waals surface area (Å²) in [6.45, 7) is 10.6. The SMILES string of the molecule is CC(C)=C[C@H](CCC(C)O)C(C)C. The number of allylic oxidation sites excluding steroid dienone is 2. The molecule has 1 unspecified atom stereocenters. The van der Waals surface area contributed by atoms with Crippen molar-refractivity contribution in [2.75, 3.05) is 0 Å². The summed E-state index contributed by atoms with van der Waals surface area (Å²) >= 11 is 0. The first-order chi connectivity index (χ1) is 5.93. The predicted octanol–water partition coefficient (Wildman–Crippen LogP) is 3.39. The fraction of sp³-hybridized carbons (Fsp3) is 0.833. The molecule has 0 aliphatic rings.